The Bertz CT molecular complexity index is 478. The molecule has 2 aromatic rings. The van der Waals surface area contributed by atoms with E-state index in [1.54, 1.807) is 16.3 Å². The van der Waals surface area contributed by atoms with Crippen LogP contribution in [0.4, 0.5) is 0 Å². The number of halogens is 1. The summed E-state index contributed by atoms with van der Waals surface area (Å²) >= 11 is 7.22. The van der Waals surface area contributed by atoms with Crippen molar-refractivity contribution in [2.24, 2.45) is 0 Å². The van der Waals surface area contributed by atoms with Gasteiger partial charge in [-0.3, -0.25) is 0 Å². The van der Waals surface area contributed by atoms with Gasteiger partial charge in [-0.05, 0) is 6.07 Å². The molecule has 0 aromatic carbocycles. The smallest absolute Gasteiger partial charge is 0.352 e. The normalized spacial score (nSPS) is 10.5. The van der Waals surface area contributed by atoms with Crippen LogP contribution in [0.25, 0.3) is 0 Å². The van der Waals surface area contributed by atoms with Gasteiger partial charge in [-0.25, -0.2) is 9.78 Å². The van der Waals surface area contributed by atoms with Gasteiger partial charge in [0.05, 0.1) is 22.8 Å². The number of hydrogen-bond acceptors (Lipinski definition) is 3. The van der Waals surface area contributed by atoms with E-state index in [0.29, 0.717) is 11.6 Å². The van der Waals surface area contributed by atoms with Gasteiger partial charge in [0.25, 0.3) is 0 Å². The Morgan fingerprint density at radius 1 is 1.67 bits per heavy atom. The fourth-order valence-electron chi connectivity index (χ4n) is 1.27. The molecule has 0 bridgehead atoms. The Morgan fingerprint density at radius 2 is 2.47 bits per heavy atom. The summed E-state index contributed by atoms with van der Waals surface area (Å²) in [7, 11) is 0. The molecular weight excluding hydrogens is 236 g/mol. The highest BCUT2D eigenvalue weighted by Gasteiger charge is 2.12. The summed E-state index contributed by atoms with van der Waals surface area (Å²) in [6, 6.07) is 1.43. The van der Waals surface area contributed by atoms with Crippen molar-refractivity contribution in [3.8, 4) is 0 Å². The second kappa shape index (κ2) is 4.04. The molecule has 2 aromatic heterocycles. The van der Waals surface area contributed by atoms with E-state index in [1.165, 1.54) is 17.4 Å². The maximum Gasteiger partial charge on any atom is 0.352 e. The molecule has 0 amide bonds. The molecule has 0 atom stereocenters. The molecule has 0 radical (unpaired) electrons. The van der Waals surface area contributed by atoms with Gasteiger partial charge in [0.15, 0.2) is 0 Å². The van der Waals surface area contributed by atoms with Gasteiger partial charge in [-0.1, -0.05) is 11.6 Å². The molecular formula is C9H7ClN2O2S. The third-order valence-electron chi connectivity index (χ3n) is 1.90. The zero-order valence-corrected chi connectivity index (χ0v) is 9.13. The molecule has 0 saturated heterocycles. The predicted molar refractivity (Wildman–Crippen MR) is 57.6 cm³/mol. The molecule has 1 N–H and O–H groups in total. The lowest BCUT2D eigenvalue weighted by Crippen LogP contribution is -2.08. The number of thiazole rings is 1. The van der Waals surface area contributed by atoms with Crippen molar-refractivity contribution in [3.63, 3.8) is 0 Å². The molecule has 78 valence electrons. The van der Waals surface area contributed by atoms with Gasteiger partial charge in [-0.2, -0.15) is 0 Å². The highest BCUT2D eigenvalue weighted by atomic mass is 35.5. The molecule has 15 heavy (non-hydrogen) atoms. The molecule has 0 aliphatic rings. The first kappa shape index (κ1) is 10.2. The summed E-state index contributed by atoms with van der Waals surface area (Å²) in [4.78, 5) is 14.9. The number of carboxylic acids is 1. The number of hydrogen-bond donors (Lipinski definition) is 1. The van der Waals surface area contributed by atoms with Crippen LogP contribution in [0, 0.1) is 0 Å². The molecule has 0 saturated carbocycles. The zero-order chi connectivity index (χ0) is 10.8. The van der Waals surface area contributed by atoms with Gasteiger partial charge in [0.2, 0.25) is 0 Å². The van der Waals surface area contributed by atoms with Crippen molar-refractivity contribution >= 4 is 28.9 Å². The SMILES string of the molecule is O=C(O)c1cc(Cl)cn1Cc1cscn1. The van der Waals surface area contributed by atoms with Crippen LogP contribution in [0.3, 0.4) is 0 Å². The largest absolute Gasteiger partial charge is 0.477 e. The minimum Gasteiger partial charge on any atom is -0.477 e. The van der Waals surface area contributed by atoms with E-state index < -0.39 is 5.97 Å². The first-order valence-electron chi connectivity index (χ1n) is 4.13. The topological polar surface area (TPSA) is 55.1 Å². The van der Waals surface area contributed by atoms with E-state index in [1.807, 2.05) is 5.38 Å². The van der Waals surface area contributed by atoms with Gasteiger partial charge >= 0.3 is 5.97 Å². The summed E-state index contributed by atoms with van der Waals surface area (Å²) in [5, 5.41) is 11.2. The molecule has 0 fully saturated rings. The second-order valence-corrected chi connectivity index (χ2v) is 4.11. The van der Waals surface area contributed by atoms with Crippen LogP contribution < -0.4 is 0 Å². The molecule has 0 spiro atoms. The molecule has 0 unspecified atom stereocenters. The Balaban J connectivity index is 2.31. The van der Waals surface area contributed by atoms with Gasteiger partial charge in [-0.15, -0.1) is 11.3 Å². The van der Waals surface area contributed by atoms with E-state index >= 15 is 0 Å². The van der Waals surface area contributed by atoms with Crippen molar-refractivity contribution < 1.29 is 9.90 Å². The third kappa shape index (κ3) is 2.19. The van der Waals surface area contributed by atoms with Crippen LogP contribution in [0.2, 0.25) is 5.02 Å². The lowest BCUT2D eigenvalue weighted by molar-refractivity contribution is 0.0685. The van der Waals surface area contributed by atoms with Gasteiger partial charge in [0.1, 0.15) is 5.69 Å². The van der Waals surface area contributed by atoms with Crippen LogP contribution in [-0.2, 0) is 6.54 Å². The number of rotatable bonds is 3. The van der Waals surface area contributed by atoms with Crippen molar-refractivity contribution in [1.29, 1.82) is 0 Å². The highest BCUT2D eigenvalue weighted by molar-refractivity contribution is 7.07. The maximum atomic E-state index is 10.9. The summed E-state index contributed by atoms with van der Waals surface area (Å²) in [5.41, 5.74) is 2.71. The minimum atomic E-state index is -0.989. The summed E-state index contributed by atoms with van der Waals surface area (Å²) < 4.78 is 1.57. The van der Waals surface area contributed by atoms with Crippen LogP contribution in [0.15, 0.2) is 23.2 Å². The molecule has 4 nitrogen and oxygen atoms in total. The zero-order valence-electron chi connectivity index (χ0n) is 7.55. The number of nitrogens with zero attached hydrogens (tertiary/aromatic N) is 2. The number of carboxylic acid groups (broad SMARTS) is 1. The quantitative estimate of drug-likeness (QED) is 0.899. The number of carbonyl (C=O) groups is 1. The lowest BCUT2D eigenvalue weighted by atomic mass is 10.4. The summed E-state index contributed by atoms with van der Waals surface area (Å²) in [5.74, 6) is -0.989. The van der Waals surface area contributed by atoms with E-state index in [-0.39, 0.29) is 5.69 Å². The van der Waals surface area contributed by atoms with Gasteiger partial charge < -0.3 is 9.67 Å². The first-order chi connectivity index (χ1) is 7.16. The Hall–Kier alpha value is -1.33. The van der Waals surface area contributed by atoms with E-state index in [0.717, 1.165) is 5.69 Å². The average molecular weight is 243 g/mol. The van der Waals surface area contributed by atoms with Crippen LogP contribution in [-0.4, -0.2) is 20.6 Å². The molecule has 2 rings (SSSR count). The van der Waals surface area contributed by atoms with Crippen molar-refractivity contribution in [1.82, 2.24) is 9.55 Å². The average Bonchev–Trinajstić information content (AvgIpc) is 2.75. The van der Waals surface area contributed by atoms with Crippen LogP contribution in [0.1, 0.15) is 16.2 Å². The van der Waals surface area contributed by atoms with Crippen molar-refractivity contribution in [3.05, 3.63) is 39.6 Å². The third-order valence-corrected chi connectivity index (χ3v) is 2.74. The van der Waals surface area contributed by atoms with Crippen LogP contribution >= 0.6 is 22.9 Å². The van der Waals surface area contributed by atoms with E-state index in [9.17, 15) is 4.79 Å². The van der Waals surface area contributed by atoms with E-state index in [2.05, 4.69) is 4.98 Å². The monoisotopic (exact) mass is 242 g/mol. The van der Waals surface area contributed by atoms with Crippen molar-refractivity contribution in [2.75, 3.05) is 0 Å². The fourth-order valence-corrected chi connectivity index (χ4v) is 2.05. The minimum absolute atomic E-state index is 0.174. The molecule has 6 heteroatoms. The number of aromatic carboxylic acids is 1. The lowest BCUT2D eigenvalue weighted by Gasteiger charge is -2.02. The first-order valence-corrected chi connectivity index (χ1v) is 5.45. The van der Waals surface area contributed by atoms with Crippen LogP contribution in [0.5, 0.6) is 0 Å². The van der Waals surface area contributed by atoms with Crippen molar-refractivity contribution in [2.45, 2.75) is 6.54 Å². The molecule has 0 aliphatic heterocycles. The van der Waals surface area contributed by atoms with Gasteiger partial charge in [0, 0.05) is 11.6 Å². The Morgan fingerprint density at radius 3 is 3.07 bits per heavy atom. The molecule has 2 heterocycles. The second-order valence-electron chi connectivity index (χ2n) is 2.96. The fraction of sp³-hybridized carbons (Fsp3) is 0.111. The summed E-state index contributed by atoms with van der Waals surface area (Å²) in [6.07, 6.45) is 1.59. The molecule has 0 aliphatic carbocycles. The number of aromatic nitrogens is 2. The Kier molecular flexibility index (Phi) is 2.75. The highest BCUT2D eigenvalue weighted by Crippen LogP contribution is 2.16. The maximum absolute atomic E-state index is 10.9. The van der Waals surface area contributed by atoms with E-state index in [4.69, 9.17) is 16.7 Å². The summed E-state index contributed by atoms with van der Waals surface area (Å²) in [6.45, 7) is 0.428. The standard InChI is InChI=1S/C9H7ClN2O2S/c10-6-1-8(9(13)14)12(2-6)3-7-4-15-5-11-7/h1-2,4-5H,3H2,(H,13,14). The predicted octanol–water partition coefficient (Wildman–Crippen LogP) is 2.34. The Labute approximate surface area is 94.8 Å².